The van der Waals surface area contributed by atoms with E-state index in [1.54, 1.807) is 0 Å². The van der Waals surface area contributed by atoms with Crippen molar-refractivity contribution in [2.45, 2.75) is 57.9 Å². The van der Waals surface area contributed by atoms with Crippen LogP contribution in [-0.4, -0.2) is 75.6 Å². The Balaban J connectivity index is 2.21. The third-order valence-electron chi connectivity index (χ3n) is 3.76. The van der Waals surface area contributed by atoms with E-state index in [1.165, 1.54) is 20.8 Å². The number of esters is 3. The van der Waals surface area contributed by atoms with Crippen molar-refractivity contribution in [3.05, 3.63) is 0 Å². The van der Waals surface area contributed by atoms with Gasteiger partial charge in [0, 0.05) is 0 Å². The van der Waals surface area contributed by atoms with Crippen LogP contribution in [0.2, 0.25) is 0 Å². The number of carbonyl (C=O) groups is 3. The molecule has 12 heteroatoms. The van der Waals surface area contributed by atoms with Crippen LogP contribution in [0.15, 0.2) is 0 Å². The van der Waals surface area contributed by atoms with Crippen LogP contribution in [0, 0.1) is 5.41 Å². The van der Waals surface area contributed by atoms with Gasteiger partial charge < -0.3 is 0 Å². The van der Waals surface area contributed by atoms with Gasteiger partial charge in [0.05, 0.1) is 0 Å². The normalized spacial score (nSPS) is 31.5. The van der Waals surface area contributed by atoms with Crippen molar-refractivity contribution in [1.29, 1.82) is 0 Å². The Labute approximate surface area is 169 Å². The van der Waals surface area contributed by atoms with Crippen molar-refractivity contribution in [1.82, 2.24) is 0 Å². The fourth-order valence-electron chi connectivity index (χ4n) is 2.57. The maximum absolute atomic E-state index is 13.0. The molecule has 0 amide bonds. The second kappa shape index (κ2) is 9.34. The summed E-state index contributed by atoms with van der Waals surface area (Å²) in [5, 5.41) is -0.875. The quantitative estimate of drug-likeness (QED) is 0.225. The molecule has 2 fully saturated rings. The molecule has 2 aliphatic heterocycles. The third kappa shape index (κ3) is 6.62. The SMILES string of the molecule is CC(=O)O[C@@H]1[C@@H](OC(C)=O)[C@H]([Se][P+]2([O-])OCC(C)(C)CO2)OC[C@H]1OC(C)=O. The topological polar surface area (TPSA) is 130 Å². The first-order chi connectivity index (χ1) is 12.9. The molecule has 0 N–H and O–H groups in total. The second-order valence-corrected chi connectivity index (χ2v) is 14.0. The predicted octanol–water partition coefficient (Wildman–Crippen LogP) is -0.0471. The summed E-state index contributed by atoms with van der Waals surface area (Å²) in [7, 11) is 0. The van der Waals surface area contributed by atoms with Crippen molar-refractivity contribution in [2.24, 2.45) is 5.41 Å². The molecule has 0 aromatic rings. The molecular formula is C16H25O10PSe. The Morgan fingerprint density at radius 2 is 1.46 bits per heavy atom. The molecule has 0 aromatic carbocycles. The van der Waals surface area contributed by atoms with Gasteiger partial charge in [-0.3, -0.25) is 0 Å². The molecule has 4 atom stereocenters. The maximum atomic E-state index is 13.0. The van der Waals surface area contributed by atoms with Crippen LogP contribution in [0.3, 0.4) is 0 Å². The van der Waals surface area contributed by atoms with Crippen LogP contribution in [-0.2, 0) is 42.4 Å². The molecule has 28 heavy (non-hydrogen) atoms. The molecule has 0 saturated carbocycles. The Kier molecular flexibility index (Phi) is 7.83. The van der Waals surface area contributed by atoms with E-state index in [0.717, 1.165) is 0 Å². The molecule has 0 aliphatic carbocycles. The average molecular weight is 487 g/mol. The summed E-state index contributed by atoms with van der Waals surface area (Å²) in [5.41, 5.74) is -0.270. The summed E-state index contributed by atoms with van der Waals surface area (Å²) in [6.45, 7) is 4.34. The van der Waals surface area contributed by atoms with Crippen LogP contribution < -0.4 is 4.89 Å². The van der Waals surface area contributed by atoms with Crippen molar-refractivity contribution < 1.29 is 47.3 Å². The monoisotopic (exact) mass is 488 g/mol. The van der Waals surface area contributed by atoms with E-state index < -0.39 is 62.4 Å². The number of rotatable bonds is 5. The molecule has 2 heterocycles. The Bertz CT molecular complexity index is 602. The van der Waals surface area contributed by atoms with Gasteiger partial charge >= 0.3 is 169 Å². The van der Waals surface area contributed by atoms with Crippen LogP contribution in [0.5, 0.6) is 0 Å². The molecular weight excluding hydrogens is 462 g/mol. The molecule has 0 spiro atoms. The first-order valence-electron chi connectivity index (χ1n) is 8.61. The molecule has 2 saturated heterocycles. The zero-order chi connectivity index (χ0) is 21.1. The zero-order valence-electron chi connectivity index (χ0n) is 16.4. The first kappa shape index (κ1) is 23.5. The van der Waals surface area contributed by atoms with Gasteiger partial charge in [0.25, 0.3) is 0 Å². The van der Waals surface area contributed by atoms with E-state index in [0.29, 0.717) is 0 Å². The van der Waals surface area contributed by atoms with Gasteiger partial charge in [-0.05, 0) is 0 Å². The van der Waals surface area contributed by atoms with E-state index in [-0.39, 0.29) is 25.2 Å². The minimum atomic E-state index is -3.45. The molecule has 0 unspecified atom stereocenters. The molecule has 10 nitrogen and oxygen atoms in total. The third-order valence-corrected chi connectivity index (χ3v) is 10.2. The van der Waals surface area contributed by atoms with Crippen LogP contribution in [0.25, 0.3) is 0 Å². The van der Waals surface area contributed by atoms with Crippen LogP contribution in [0.1, 0.15) is 34.6 Å². The Morgan fingerprint density at radius 1 is 0.964 bits per heavy atom. The van der Waals surface area contributed by atoms with Gasteiger partial charge in [0.2, 0.25) is 0 Å². The molecule has 160 valence electrons. The summed E-state index contributed by atoms with van der Waals surface area (Å²) < 4.78 is 32.4. The number of hydrogen-bond acceptors (Lipinski definition) is 10. The van der Waals surface area contributed by atoms with Crippen molar-refractivity contribution in [3.8, 4) is 0 Å². The number of hydrogen-bond donors (Lipinski definition) is 0. The van der Waals surface area contributed by atoms with E-state index >= 15 is 0 Å². The summed E-state index contributed by atoms with van der Waals surface area (Å²) in [4.78, 5) is 47.5. The predicted molar refractivity (Wildman–Crippen MR) is 94.8 cm³/mol. The number of carbonyl (C=O) groups excluding carboxylic acids is 3. The molecule has 2 rings (SSSR count). The van der Waals surface area contributed by atoms with E-state index in [9.17, 15) is 19.3 Å². The molecule has 0 aromatic heterocycles. The van der Waals surface area contributed by atoms with Crippen molar-refractivity contribution in [2.75, 3.05) is 19.8 Å². The minimum absolute atomic E-state index is 0.118. The Hall–Kier alpha value is -0.801. The fourth-order valence-corrected chi connectivity index (χ4v) is 9.00. The van der Waals surface area contributed by atoms with Gasteiger partial charge in [-0.15, -0.1) is 0 Å². The van der Waals surface area contributed by atoms with Crippen LogP contribution >= 0.6 is 6.63 Å². The van der Waals surface area contributed by atoms with Gasteiger partial charge in [-0.2, -0.15) is 0 Å². The standard InChI is InChI=1S/C16H25O10PSe/c1-9(17)24-12-6-21-15(14(26-11(3)19)13(12)25-10(2)18)28-27(20)22-7-16(4,5)8-23-27/h12-15H,6-8H2,1-5H3/t12-,13+,14-,15+/m1/s1. The van der Waals surface area contributed by atoms with Gasteiger partial charge in [-0.25, -0.2) is 0 Å². The van der Waals surface area contributed by atoms with Crippen molar-refractivity contribution >= 4 is 39.1 Å². The molecule has 2 aliphatic rings. The number of ether oxygens (including phenoxy) is 4. The van der Waals surface area contributed by atoms with Gasteiger partial charge in [0.15, 0.2) is 0 Å². The van der Waals surface area contributed by atoms with Crippen molar-refractivity contribution in [3.63, 3.8) is 0 Å². The van der Waals surface area contributed by atoms with E-state index in [4.69, 9.17) is 28.0 Å². The summed E-state index contributed by atoms with van der Waals surface area (Å²) in [6, 6.07) is 0. The molecule has 0 bridgehead atoms. The summed E-state index contributed by atoms with van der Waals surface area (Å²) >= 11 is -0.900. The zero-order valence-corrected chi connectivity index (χ0v) is 19.0. The fraction of sp³-hybridized carbons (Fsp3) is 0.812. The average Bonchev–Trinajstić information content (AvgIpc) is 2.55. The molecule has 0 radical (unpaired) electrons. The first-order valence-corrected chi connectivity index (χ1v) is 13.4. The van der Waals surface area contributed by atoms with Gasteiger partial charge in [0.1, 0.15) is 0 Å². The van der Waals surface area contributed by atoms with E-state index in [1.807, 2.05) is 13.8 Å². The summed E-state index contributed by atoms with van der Waals surface area (Å²) in [6.07, 6.45) is -3.18. The Morgan fingerprint density at radius 3 is 1.96 bits per heavy atom. The second-order valence-electron chi connectivity index (χ2n) is 7.26. The van der Waals surface area contributed by atoms with E-state index in [2.05, 4.69) is 0 Å². The summed E-state index contributed by atoms with van der Waals surface area (Å²) in [5.74, 6) is -1.91. The van der Waals surface area contributed by atoms with Crippen LogP contribution in [0.4, 0.5) is 0 Å². The van der Waals surface area contributed by atoms with Gasteiger partial charge in [-0.1, -0.05) is 0 Å².